The Labute approximate surface area is 246 Å². The summed E-state index contributed by atoms with van der Waals surface area (Å²) < 4.78 is 9.16. The number of carboxylic acids is 1. The van der Waals surface area contributed by atoms with Crippen molar-refractivity contribution < 1.29 is 40.6 Å². The van der Waals surface area contributed by atoms with Crippen LogP contribution >= 0.6 is 0 Å². The van der Waals surface area contributed by atoms with Gasteiger partial charge >= 0.3 is 247 Å². The first-order valence-electron chi connectivity index (χ1n) is 14.0. The monoisotopic (exact) mass is 660 g/mol. The van der Waals surface area contributed by atoms with Gasteiger partial charge in [0.15, 0.2) is 0 Å². The van der Waals surface area contributed by atoms with Crippen molar-refractivity contribution in [1.82, 2.24) is 15.3 Å². The number of hydrogen-bond donors (Lipinski definition) is 3. The molecule has 0 bridgehead atoms. The second-order valence-electron chi connectivity index (χ2n) is 10.7. The van der Waals surface area contributed by atoms with Crippen molar-refractivity contribution >= 4 is 24.0 Å². The van der Waals surface area contributed by atoms with Gasteiger partial charge < -0.3 is 0 Å². The van der Waals surface area contributed by atoms with Crippen molar-refractivity contribution in [2.45, 2.75) is 65.9 Å². The van der Waals surface area contributed by atoms with E-state index in [0.717, 1.165) is 42.7 Å². The summed E-state index contributed by atoms with van der Waals surface area (Å²) in [6, 6.07) is 1.75. The van der Waals surface area contributed by atoms with Crippen LogP contribution in [0.2, 0.25) is 0 Å². The summed E-state index contributed by atoms with van der Waals surface area (Å²) >= 11 is -0.500. The molecule has 3 heterocycles. The minimum absolute atomic E-state index is 0.0294. The minimum atomic E-state index is -0.880. The zero-order chi connectivity index (χ0) is 28.6. The number of halogens is 1. The van der Waals surface area contributed by atoms with Crippen LogP contribution in [-0.2, 0) is 9.59 Å². The summed E-state index contributed by atoms with van der Waals surface area (Å²) in [7, 11) is 0. The zero-order valence-electron chi connectivity index (χ0n) is 23.6. The normalized spacial score (nSPS) is 23.6. The predicted octanol–water partition coefficient (Wildman–Crippen LogP) is 1.86. The summed E-state index contributed by atoms with van der Waals surface area (Å²) in [6.45, 7) is 9.52. The van der Waals surface area contributed by atoms with Gasteiger partial charge in [0, 0.05) is 0 Å². The molecule has 4 rings (SSSR count). The van der Waals surface area contributed by atoms with Crippen LogP contribution in [0.25, 0.3) is 0 Å². The van der Waals surface area contributed by atoms with E-state index >= 15 is 0 Å². The molecule has 0 spiro atoms. The molecule has 1 amide bonds. The number of allylic oxidation sites excluding steroid dienone is 5. The molecular weight excluding hydrogens is 621 g/mol. The van der Waals surface area contributed by atoms with Crippen LogP contribution in [0.15, 0.2) is 59.5 Å². The number of anilines is 1. The van der Waals surface area contributed by atoms with E-state index in [1.165, 1.54) is 9.15 Å². The Morgan fingerprint density at radius 2 is 1.95 bits per heavy atom. The number of hydrogen-bond acceptors (Lipinski definition) is 7. The fraction of sp³-hybridized carbons (Fsp3) is 0.500. The standard InChI is InChI=1S/C30H39IN5O4/c1-18(2)40-27-12-14-33-30(36-27)34-17-23-19(3)11-13-32-16-24(23)25-9-10-26(20(4)15-31-25)35-28(37)21-7-5-6-8-22(21)29(38)39/h9-10,12,14-16,18-19,21-22H,5-8,11,13,17H2,1-4H3,(H,35,37)(H,38,39)(H,33,34,36)/q-1/t19?,21-,22-/m0/s1. The Kier molecular flexibility index (Phi) is 10.5. The van der Waals surface area contributed by atoms with Gasteiger partial charge in [-0.05, 0) is 0 Å². The van der Waals surface area contributed by atoms with Gasteiger partial charge in [0.2, 0.25) is 0 Å². The summed E-state index contributed by atoms with van der Waals surface area (Å²) in [5.74, 6) is -0.811. The van der Waals surface area contributed by atoms with Gasteiger partial charge in [0.05, 0.1) is 0 Å². The van der Waals surface area contributed by atoms with Gasteiger partial charge in [-0.15, -0.1) is 0 Å². The molecule has 0 aromatic carbocycles. The van der Waals surface area contributed by atoms with Crippen LogP contribution in [0.1, 0.15) is 59.8 Å². The fourth-order valence-corrected chi connectivity index (χ4v) is 7.46. The molecule has 3 N–H and O–H groups in total. The van der Waals surface area contributed by atoms with E-state index in [1.807, 2.05) is 33.1 Å². The Morgan fingerprint density at radius 3 is 2.70 bits per heavy atom. The van der Waals surface area contributed by atoms with Crippen LogP contribution in [0.5, 0.6) is 5.88 Å². The van der Waals surface area contributed by atoms with Crippen molar-refractivity contribution in [3.8, 4) is 5.88 Å². The SMILES string of the molecule is CC1=C[I-]C(C2=C(CNc3nccc(OC(C)C)n3)C(C)CCN=C2)=CC=C1NC(=O)[C@H]1CCCC[C@@H]1C(=O)O. The van der Waals surface area contributed by atoms with E-state index in [-0.39, 0.29) is 12.0 Å². The fourth-order valence-electron chi connectivity index (χ4n) is 5.12. The molecule has 40 heavy (non-hydrogen) atoms. The van der Waals surface area contributed by atoms with E-state index in [9.17, 15) is 14.7 Å². The molecular formula is C30H39IN5O4-. The summed E-state index contributed by atoms with van der Waals surface area (Å²) in [5.41, 5.74) is 4.13. The Hall–Kier alpha value is -3.02. The molecule has 3 aliphatic rings. The number of aromatic nitrogens is 2. The molecule has 9 nitrogen and oxygen atoms in total. The second-order valence-corrected chi connectivity index (χ2v) is 13.1. The maximum atomic E-state index is 13.2. The van der Waals surface area contributed by atoms with E-state index in [2.05, 4.69) is 42.7 Å². The van der Waals surface area contributed by atoms with E-state index in [0.29, 0.717) is 37.1 Å². The van der Waals surface area contributed by atoms with Crippen molar-refractivity contribution in [2.24, 2.45) is 22.7 Å². The van der Waals surface area contributed by atoms with Gasteiger partial charge in [0.1, 0.15) is 0 Å². The number of nitrogens with one attached hydrogen (secondary N) is 2. The molecule has 1 unspecified atom stereocenters. The zero-order valence-corrected chi connectivity index (χ0v) is 25.8. The maximum absolute atomic E-state index is 13.2. The molecule has 1 fully saturated rings. The summed E-state index contributed by atoms with van der Waals surface area (Å²) in [4.78, 5) is 38.4. The molecule has 0 radical (unpaired) electrons. The van der Waals surface area contributed by atoms with Crippen LogP contribution in [0.3, 0.4) is 0 Å². The Bertz CT molecular complexity index is 1270. The molecule has 1 aromatic heterocycles. The number of aliphatic imine (C=N–C) groups is 1. The van der Waals surface area contributed by atoms with Gasteiger partial charge in [-0.3, -0.25) is 0 Å². The number of amides is 1. The third kappa shape index (κ3) is 7.80. The predicted molar refractivity (Wildman–Crippen MR) is 152 cm³/mol. The summed E-state index contributed by atoms with van der Waals surface area (Å²) in [5, 5.41) is 16.1. The quantitative estimate of drug-likeness (QED) is 0.346. The second kappa shape index (κ2) is 14.0. The molecule has 216 valence electrons. The van der Waals surface area contributed by atoms with Crippen molar-refractivity contribution in [3.05, 3.63) is 54.5 Å². The first-order valence-corrected chi connectivity index (χ1v) is 16.3. The summed E-state index contributed by atoms with van der Waals surface area (Å²) in [6.07, 6.45) is 11.6. The average Bonchev–Trinajstić information content (AvgIpc) is 3.22. The van der Waals surface area contributed by atoms with Gasteiger partial charge in [-0.25, -0.2) is 0 Å². The van der Waals surface area contributed by atoms with E-state index < -0.39 is 39.0 Å². The van der Waals surface area contributed by atoms with E-state index in [1.54, 1.807) is 12.3 Å². The Balaban J connectivity index is 1.56. The average molecular weight is 661 g/mol. The molecule has 1 aromatic rings. The number of nitrogens with zero attached hydrogens (tertiary/aromatic N) is 3. The van der Waals surface area contributed by atoms with Crippen molar-refractivity contribution in [3.63, 3.8) is 0 Å². The number of rotatable bonds is 9. The van der Waals surface area contributed by atoms with Gasteiger partial charge in [-0.1, -0.05) is 0 Å². The van der Waals surface area contributed by atoms with Gasteiger partial charge in [0.25, 0.3) is 0 Å². The number of carbonyl (C=O) groups excluding carboxylic acids is 1. The van der Waals surface area contributed by atoms with Crippen molar-refractivity contribution in [2.75, 3.05) is 18.4 Å². The molecule has 1 saturated carbocycles. The van der Waals surface area contributed by atoms with Crippen molar-refractivity contribution in [1.29, 1.82) is 0 Å². The molecule has 2 aliphatic heterocycles. The van der Waals surface area contributed by atoms with Gasteiger partial charge in [-0.2, -0.15) is 0 Å². The molecule has 10 heteroatoms. The number of ether oxygens (including phenoxy) is 1. The van der Waals surface area contributed by atoms with Crippen LogP contribution < -0.4 is 36.6 Å². The first-order chi connectivity index (χ1) is 19.2. The van der Waals surface area contributed by atoms with E-state index in [4.69, 9.17) is 4.74 Å². The topological polar surface area (TPSA) is 126 Å². The van der Waals surface area contributed by atoms with Crippen LogP contribution in [0, 0.1) is 17.8 Å². The molecule has 1 aliphatic carbocycles. The number of carboxylic acid groups (broad SMARTS) is 1. The Morgan fingerprint density at radius 1 is 1.18 bits per heavy atom. The number of aliphatic carboxylic acids is 1. The van der Waals surface area contributed by atoms with Crippen LogP contribution in [0.4, 0.5) is 5.95 Å². The third-order valence-corrected chi connectivity index (χ3v) is 10.2. The molecule has 3 atom stereocenters. The third-order valence-electron chi connectivity index (χ3n) is 7.37. The number of carbonyl (C=O) groups is 2. The molecule has 0 saturated heterocycles. The first kappa shape index (κ1) is 30.0. The van der Waals surface area contributed by atoms with Crippen LogP contribution in [-0.4, -0.2) is 52.4 Å².